The first-order valence-electron chi connectivity index (χ1n) is 8.58. The maximum absolute atomic E-state index is 12.9. The third kappa shape index (κ3) is 3.61. The van der Waals surface area contributed by atoms with Crippen LogP contribution in [0.3, 0.4) is 0 Å². The molecule has 0 spiro atoms. The Hall–Kier alpha value is -3.56. The Morgan fingerprint density at radius 2 is 2.00 bits per heavy atom. The number of ether oxygens (including phenoxy) is 2. The van der Waals surface area contributed by atoms with Gasteiger partial charge in [-0.1, -0.05) is 12.1 Å². The van der Waals surface area contributed by atoms with E-state index in [0.29, 0.717) is 30.3 Å². The Balaban J connectivity index is 1.73. The highest BCUT2D eigenvalue weighted by atomic mass is 16.6. The zero-order valence-corrected chi connectivity index (χ0v) is 15.2. The number of benzene rings is 1. The number of rotatable bonds is 5. The highest BCUT2D eigenvalue weighted by Crippen LogP contribution is 2.36. The molecule has 3 rings (SSSR count). The molecule has 0 radical (unpaired) electrons. The fourth-order valence-corrected chi connectivity index (χ4v) is 2.91. The average molecular weight is 388 g/mol. The van der Waals surface area contributed by atoms with Crippen LogP contribution in [0.4, 0.5) is 9.59 Å². The summed E-state index contributed by atoms with van der Waals surface area (Å²) in [5.74, 6) is -0.383. The monoisotopic (exact) mass is 388 g/mol. The summed E-state index contributed by atoms with van der Waals surface area (Å²) < 4.78 is 11.0. The standard InChI is InChI=1S/C18H20N4O6/c1-3-6-19-16(25)20-14(23)10-22-15(24)18(2,21-17(22)26)11-4-5-12-13(9-11)28-8-7-27-12/h3-5,9H,1,6-8,10H2,2H3,(H,21,26)(H2,19,20,23,25)/t18-/m1/s1. The molecule has 1 saturated heterocycles. The number of urea groups is 2. The predicted octanol–water partition coefficient (Wildman–Crippen LogP) is 0.237. The van der Waals surface area contributed by atoms with Crippen LogP contribution in [0.2, 0.25) is 0 Å². The highest BCUT2D eigenvalue weighted by Gasteiger charge is 2.49. The second-order valence-electron chi connectivity index (χ2n) is 6.35. The summed E-state index contributed by atoms with van der Waals surface area (Å²) in [5.41, 5.74) is -0.889. The van der Waals surface area contributed by atoms with Crippen molar-refractivity contribution in [2.24, 2.45) is 0 Å². The summed E-state index contributed by atoms with van der Waals surface area (Å²) in [7, 11) is 0. The number of carbonyl (C=O) groups excluding carboxylic acids is 4. The van der Waals surface area contributed by atoms with Crippen molar-refractivity contribution in [1.82, 2.24) is 20.9 Å². The summed E-state index contributed by atoms with van der Waals surface area (Å²) in [6.07, 6.45) is 1.44. The minimum Gasteiger partial charge on any atom is -0.486 e. The molecule has 1 atom stereocenters. The van der Waals surface area contributed by atoms with Crippen LogP contribution in [0.5, 0.6) is 11.5 Å². The molecule has 2 heterocycles. The number of hydrogen-bond donors (Lipinski definition) is 3. The molecule has 6 amide bonds. The number of amides is 6. The fourth-order valence-electron chi connectivity index (χ4n) is 2.91. The SMILES string of the molecule is C=CCNC(=O)NC(=O)CN1C(=O)N[C@](C)(c2ccc3c(c2)OCCO3)C1=O. The number of imide groups is 2. The predicted molar refractivity (Wildman–Crippen MR) is 96.8 cm³/mol. The van der Waals surface area contributed by atoms with E-state index < -0.39 is 36.0 Å². The largest absolute Gasteiger partial charge is 0.486 e. The van der Waals surface area contributed by atoms with E-state index in [4.69, 9.17) is 9.47 Å². The van der Waals surface area contributed by atoms with Crippen LogP contribution in [-0.4, -0.2) is 55.1 Å². The van der Waals surface area contributed by atoms with Crippen molar-refractivity contribution in [2.45, 2.75) is 12.5 Å². The van der Waals surface area contributed by atoms with E-state index in [-0.39, 0.29) is 6.54 Å². The van der Waals surface area contributed by atoms with E-state index in [1.165, 1.54) is 13.0 Å². The first-order chi connectivity index (χ1) is 13.3. The lowest BCUT2D eigenvalue weighted by Gasteiger charge is -2.25. The first kappa shape index (κ1) is 19.2. The number of nitrogens with zero attached hydrogens (tertiary/aromatic N) is 1. The second-order valence-corrected chi connectivity index (χ2v) is 6.35. The molecule has 1 aromatic carbocycles. The molecule has 28 heavy (non-hydrogen) atoms. The molecular weight excluding hydrogens is 368 g/mol. The molecule has 10 nitrogen and oxygen atoms in total. The lowest BCUT2D eigenvalue weighted by Crippen LogP contribution is -2.47. The van der Waals surface area contributed by atoms with Gasteiger partial charge in [0.05, 0.1) is 0 Å². The van der Waals surface area contributed by atoms with E-state index in [2.05, 4.69) is 17.2 Å². The van der Waals surface area contributed by atoms with Crippen molar-refractivity contribution in [2.75, 3.05) is 26.3 Å². The Kier molecular flexibility index (Phi) is 5.21. The smallest absolute Gasteiger partial charge is 0.325 e. The van der Waals surface area contributed by atoms with Gasteiger partial charge in [-0.15, -0.1) is 6.58 Å². The van der Waals surface area contributed by atoms with Crippen molar-refractivity contribution >= 4 is 23.9 Å². The summed E-state index contributed by atoms with van der Waals surface area (Å²) in [6, 6.07) is 3.46. The van der Waals surface area contributed by atoms with Crippen LogP contribution in [-0.2, 0) is 15.1 Å². The zero-order chi connectivity index (χ0) is 20.3. The van der Waals surface area contributed by atoms with Crippen LogP contribution in [0.25, 0.3) is 0 Å². The molecule has 2 aliphatic heterocycles. The lowest BCUT2D eigenvalue weighted by molar-refractivity contribution is -0.134. The number of carbonyl (C=O) groups is 4. The van der Waals surface area contributed by atoms with Crippen molar-refractivity contribution < 1.29 is 28.7 Å². The van der Waals surface area contributed by atoms with E-state index in [1.54, 1.807) is 18.2 Å². The quantitative estimate of drug-likeness (QED) is 0.490. The summed E-state index contributed by atoms with van der Waals surface area (Å²) in [6.45, 7) is 5.37. The zero-order valence-electron chi connectivity index (χ0n) is 15.2. The third-order valence-electron chi connectivity index (χ3n) is 4.36. The van der Waals surface area contributed by atoms with Gasteiger partial charge in [0.1, 0.15) is 25.3 Å². The Labute approximate surface area is 160 Å². The van der Waals surface area contributed by atoms with E-state index in [0.717, 1.165) is 4.90 Å². The van der Waals surface area contributed by atoms with Gasteiger partial charge in [0.2, 0.25) is 5.91 Å². The molecule has 0 aromatic heterocycles. The topological polar surface area (TPSA) is 126 Å². The third-order valence-corrected chi connectivity index (χ3v) is 4.36. The van der Waals surface area contributed by atoms with Gasteiger partial charge in [-0.2, -0.15) is 0 Å². The Bertz CT molecular complexity index is 854. The molecule has 2 aliphatic rings. The second kappa shape index (κ2) is 7.59. The van der Waals surface area contributed by atoms with Crippen molar-refractivity contribution in [3.05, 3.63) is 36.4 Å². The molecule has 148 valence electrons. The maximum Gasteiger partial charge on any atom is 0.325 e. The van der Waals surface area contributed by atoms with Crippen LogP contribution >= 0.6 is 0 Å². The molecule has 1 aromatic rings. The average Bonchev–Trinajstić information content (AvgIpc) is 2.90. The number of hydrogen-bond acceptors (Lipinski definition) is 6. The number of nitrogens with one attached hydrogen (secondary N) is 3. The normalized spacial score (nSPS) is 20.4. The molecule has 0 unspecified atom stereocenters. The van der Waals surface area contributed by atoms with E-state index >= 15 is 0 Å². The van der Waals surface area contributed by atoms with Crippen LogP contribution in [0, 0.1) is 0 Å². The van der Waals surface area contributed by atoms with Crippen LogP contribution in [0.1, 0.15) is 12.5 Å². The molecule has 10 heteroatoms. The highest BCUT2D eigenvalue weighted by molar-refractivity contribution is 6.10. The Morgan fingerprint density at radius 1 is 1.29 bits per heavy atom. The molecule has 3 N–H and O–H groups in total. The number of fused-ring (bicyclic) bond motifs is 1. The van der Waals surface area contributed by atoms with Gasteiger partial charge < -0.3 is 20.1 Å². The van der Waals surface area contributed by atoms with E-state index in [9.17, 15) is 19.2 Å². The molecular formula is C18H20N4O6. The maximum atomic E-state index is 12.9. The molecule has 1 fully saturated rings. The van der Waals surface area contributed by atoms with Crippen molar-refractivity contribution in [1.29, 1.82) is 0 Å². The van der Waals surface area contributed by atoms with Gasteiger partial charge in [0.15, 0.2) is 11.5 Å². The van der Waals surface area contributed by atoms with Gasteiger partial charge in [0, 0.05) is 6.54 Å². The lowest BCUT2D eigenvalue weighted by atomic mass is 9.91. The van der Waals surface area contributed by atoms with Gasteiger partial charge >= 0.3 is 12.1 Å². The summed E-state index contributed by atoms with van der Waals surface area (Å²) in [4.78, 5) is 49.4. The summed E-state index contributed by atoms with van der Waals surface area (Å²) >= 11 is 0. The van der Waals surface area contributed by atoms with Crippen LogP contribution < -0.4 is 25.4 Å². The van der Waals surface area contributed by atoms with Gasteiger partial charge in [-0.25, -0.2) is 9.59 Å². The van der Waals surface area contributed by atoms with Gasteiger partial charge in [-0.05, 0) is 24.6 Å². The van der Waals surface area contributed by atoms with Crippen LogP contribution in [0.15, 0.2) is 30.9 Å². The van der Waals surface area contributed by atoms with Crippen molar-refractivity contribution in [3.8, 4) is 11.5 Å². The Morgan fingerprint density at radius 3 is 2.71 bits per heavy atom. The summed E-state index contributed by atoms with van der Waals surface area (Å²) in [5, 5.41) is 7.00. The minimum absolute atomic E-state index is 0.171. The van der Waals surface area contributed by atoms with Gasteiger partial charge in [-0.3, -0.25) is 19.8 Å². The van der Waals surface area contributed by atoms with Crippen molar-refractivity contribution in [3.63, 3.8) is 0 Å². The first-order valence-corrected chi connectivity index (χ1v) is 8.58. The van der Waals surface area contributed by atoms with Gasteiger partial charge in [0.25, 0.3) is 5.91 Å². The molecule has 0 aliphatic carbocycles. The van der Waals surface area contributed by atoms with E-state index in [1.807, 2.05) is 5.32 Å². The molecule has 0 bridgehead atoms. The molecule has 0 saturated carbocycles. The fraction of sp³-hybridized carbons (Fsp3) is 0.333. The minimum atomic E-state index is -1.38.